The first-order valence-corrected chi connectivity index (χ1v) is 11.5. The standard InChI is InChI=1S/C26H30N2O5/c1-28(15-7-6-12-23(29)30)24(31)26(13-14-26)17-27-25(32)33-16-22-20-10-4-2-8-18(20)19-9-3-5-11-21(19)22/h2-5,8-11,22H,6-7,12-17H2,1H3,(H,27,32)(H,29,30). The van der Waals surface area contributed by atoms with Gasteiger partial charge in [-0.25, -0.2) is 4.79 Å². The van der Waals surface area contributed by atoms with Crippen LogP contribution in [0.1, 0.15) is 49.1 Å². The maximum absolute atomic E-state index is 12.8. The van der Waals surface area contributed by atoms with E-state index in [1.54, 1.807) is 11.9 Å². The minimum atomic E-state index is -0.824. The Morgan fingerprint density at radius 1 is 1.03 bits per heavy atom. The van der Waals surface area contributed by atoms with Gasteiger partial charge in [-0.05, 0) is 47.9 Å². The highest BCUT2D eigenvalue weighted by atomic mass is 16.5. The zero-order valence-electron chi connectivity index (χ0n) is 18.9. The van der Waals surface area contributed by atoms with Crippen LogP contribution < -0.4 is 5.32 Å². The number of aliphatic carboxylic acids is 1. The molecule has 0 atom stereocenters. The number of carboxylic acid groups (broad SMARTS) is 1. The summed E-state index contributed by atoms with van der Waals surface area (Å²) in [6.45, 7) is 1.01. The van der Waals surface area contributed by atoms with Crippen LogP contribution in [0.2, 0.25) is 0 Å². The predicted molar refractivity (Wildman–Crippen MR) is 124 cm³/mol. The van der Waals surface area contributed by atoms with Crippen LogP contribution in [0.3, 0.4) is 0 Å². The zero-order valence-corrected chi connectivity index (χ0v) is 18.9. The van der Waals surface area contributed by atoms with Crippen molar-refractivity contribution in [3.63, 3.8) is 0 Å². The highest BCUT2D eigenvalue weighted by molar-refractivity contribution is 5.86. The second-order valence-electron chi connectivity index (χ2n) is 9.04. The Labute approximate surface area is 193 Å². The molecule has 2 N–H and O–H groups in total. The quantitative estimate of drug-likeness (QED) is 0.533. The Morgan fingerprint density at radius 3 is 2.21 bits per heavy atom. The molecule has 0 spiro atoms. The van der Waals surface area contributed by atoms with E-state index in [-0.39, 0.29) is 31.4 Å². The van der Waals surface area contributed by atoms with Gasteiger partial charge < -0.3 is 20.1 Å². The second kappa shape index (κ2) is 9.65. The van der Waals surface area contributed by atoms with E-state index in [0.717, 1.165) is 24.0 Å². The van der Waals surface area contributed by atoms with Gasteiger partial charge in [0.15, 0.2) is 0 Å². The van der Waals surface area contributed by atoms with Gasteiger partial charge in [-0.2, -0.15) is 0 Å². The second-order valence-corrected chi connectivity index (χ2v) is 9.04. The van der Waals surface area contributed by atoms with E-state index in [1.165, 1.54) is 11.1 Å². The number of amides is 2. The summed E-state index contributed by atoms with van der Waals surface area (Å²) in [5.41, 5.74) is 4.11. The number of benzene rings is 2. The lowest BCUT2D eigenvalue weighted by molar-refractivity contribution is -0.137. The molecule has 2 aromatic rings. The minimum absolute atomic E-state index is 0.00299. The highest BCUT2D eigenvalue weighted by Crippen LogP contribution is 2.47. The van der Waals surface area contributed by atoms with Crippen LogP contribution in [-0.2, 0) is 14.3 Å². The first-order valence-electron chi connectivity index (χ1n) is 11.5. The summed E-state index contributed by atoms with van der Waals surface area (Å²) in [4.78, 5) is 37.5. The van der Waals surface area contributed by atoms with Gasteiger partial charge in [-0.15, -0.1) is 0 Å². The van der Waals surface area contributed by atoms with E-state index in [2.05, 4.69) is 29.6 Å². The van der Waals surface area contributed by atoms with Crippen molar-refractivity contribution in [3.8, 4) is 11.1 Å². The van der Waals surface area contributed by atoms with Crippen LogP contribution in [0, 0.1) is 5.41 Å². The van der Waals surface area contributed by atoms with Crippen LogP contribution in [0.5, 0.6) is 0 Å². The summed E-state index contributed by atoms with van der Waals surface area (Å²) < 4.78 is 5.57. The van der Waals surface area contributed by atoms with Crippen LogP contribution >= 0.6 is 0 Å². The molecule has 0 radical (unpaired) electrons. The van der Waals surface area contributed by atoms with E-state index in [1.807, 2.05) is 24.3 Å². The van der Waals surface area contributed by atoms with E-state index in [0.29, 0.717) is 19.4 Å². The van der Waals surface area contributed by atoms with Crippen molar-refractivity contribution in [2.75, 3.05) is 26.7 Å². The number of nitrogens with one attached hydrogen (secondary N) is 1. The van der Waals surface area contributed by atoms with Crippen LogP contribution in [0.4, 0.5) is 4.79 Å². The van der Waals surface area contributed by atoms with Crippen molar-refractivity contribution >= 4 is 18.0 Å². The molecular formula is C26H30N2O5. The SMILES string of the molecule is CN(CCCCC(=O)O)C(=O)C1(CNC(=O)OCC2c3ccccc3-c3ccccc32)CC1. The fraction of sp³-hybridized carbons (Fsp3) is 0.423. The van der Waals surface area contributed by atoms with Gasteiger partial charge in [0, 0.05) is 32.5 Å². The monoisotopic (exact) mass is 450 g/mol. The molecular weight excluding hydrogens is 420 g/mol. The lowest BCUT2D eigenvalue weighted by Gasteiger charge is -2.24. The molecule has 0 heterocycles. The molecule has 2 aromatic carbocycles. The van der Waals surface area contributed by atoms with Crippen LogP contribution in [0.15, 0.2) is 48.5 Å². The molecule has 0 aromatic heterocycles. The Hall–Kier alpha value is -3.35. The fourth-order valence-electron chi connectivity index (χ4n) is 4.64. The van der Waals surface area contributed by atoms with Crippen molar-refractivity contribution in [2.45, 2.75) is 38.0 Å². The molecule has 174 valence electrons. The first-order chi connectivity index (χ1) is 15.9. The van der Waals surface area contributed by atoms with Crippen molar-refractivity contribution in [1.82, 2.24) is 10.2 Å². The van der Waals surface area contributed by atoms with Gasteiger partial charge in [0.1, 0.15) is 6.61 Å². The highest BCUT2D eigenvalue weighted by Gasteiger charge is 2.51. The number of unbranched alkanes of at least 4 members (excludes halogenated alkanes) is 1. The molecule has 2 aliphatic carbocycles. The Kier molecular flexibility index (Phi) is 6.67. The number of carbonyl (C=O) groups is 3. The summed E-state index contributed by atoms with van der Waals surface area (Å²) in [5.74, 6) is -0.830. The molecule has 7 heteroatoms. The number of rotatable bonds is 10. The van der Waals surface area contributed by atoms with Crippen LogP contribution in [0.25, 0.3) is 11.1 Å². The Balaban J connectivity index is 1.27. The van der Waals surface area contributed by atoms with Gasteiger partial charge in [-0.1, -0.05) is 48.5 Å². The van der Waals surface area contributed by atoms with E-state index >= 15 is 0 Å². The summed E-state index contributed by atoms with van der Waals surface area (Å²) in [6, 6.07) is 16.4. The summed E-state index contributed by atoms with van der Waals surface area (Å²) in [5, 5.41) is 11.5. The maximum atomic E-state index is 12.8. The smallest absolute Gasteiger partial charge is 0.407 e. The third-order valence-electron chi connectivity index (χ3n) is 6.70. The average Bonchev–Trinajstić information content (AvgIpc) is 3.55. The third-order valence-corrected chi connectivity index (χ3v) is 6.70. The number of hydrogen-bond acceptors (Lipinski definition) is 4. The molecule has 4 rings (SSSR count). The molecule has 0 aliphatic heterocycles. The predicted octanol–water partition coefficient (Wildman–Crippen LogP) is 4.02. The maximum Gasteiger partial charge on any atom is 0.407 e. The number of nitrogens with zero attached hydrogens (tertiary/aromatic N) is 1. The van der Waals surface area contributed by atoms with Gasteiger partial charge in [0.05, 0.1) is 5.41 Å². The van der Waals surface area contributed by atoms with E-state index < -0.39 is 17.5 Å². The Bertz CT molecular complexity index is 1000. The summed E-state index contributed by atoms with van der Waals surface area (Å²) in [7, 11) is 1.73. The number of fused-ring (bicyclic) bond motifs is 3. The summed E-state index contributed by atoms with van der Waals surface area (Å²) >= 11 is 0. The molecule has 33 heavy (non-hydrogen) atoms. The third kappa shape index (κ3) is 5.02. The Morgan fingerprint density at radius 2 is 1.64 bits per heavy atom. The number of carboxylic acids is 1. The van der Waals surface area contributed by atoms with Crippen molar-refractivity contribution in [2.24, 2.45) is 5.41 Å². The molecule has 2 aliphatic rings. The van der Waals surface area contributed by atoms with Crippen LogP contribution in [-0.4, -0.2) is 54.7 Å². The van der Waals surface area contributed by atoms with Gasteiger partial charge in [0.2, 0.25) is 5.91 Å². The fourth-order valence-corrected chi connectivity index (χ4v) is 4.64. The zero-order chi connectivity index (χ0) is 23.4. The summed E-state index contributed by atoms with van der Waals surface area (Å²) in [6.07, 6.45) is 2.24. The van der Waals surface area contributed by atoms with E-state index in [9.17, 15) is 14.4 Å². The van der Waals surface area contributed by atoms with Crippen molar-refractivity contribution in [1.29, 1.82) is 0 Å². The number of hydrogen-bond donors (Lipinski definition) is 2. The normalized spacial score (nSPS) is 15.3. The van der Waals surface area contributed by atoms with Gasteiger partial charge in [0.25, 0.3) is 0 Å². The molecule has 0 bridgehead atoms. The average molecular weight is 451 g/mol. The largest absolute Gasteiger partial charge is 0.481 e. The van der Waals surface area contributed by atoms with Crippen molar-refractivity contribution in [3.05, 3.63) is 59.7 Å². The molecule has 0 unspecified atom stereocenters. The van der Waals surface area contributed by atoms with Gasteiger partial charge >= 0.3 is 12.1 Å². The van der Waals surface area contributed by atoms with Crippen molar-refractivity contribution < 1.29 is 24.2 Å². The molecule has 1 saturated carbocycles. The first kappa shape index (κ1) is 22.8. The molecule has 2 amide bonds. The number of ether oxygens (including phenoxy) is 1. The molecule has 0 saturated heterocycles. The molecule has 1 fully saturated rings. The number of carbonyl (C=O) groups excluding carboxylic acids is 2. The lowest BCUT2D eigenvalue weighted by atomic mass is 9.98. The topological polar surface area (TPSA) is 95.9 Å². The minimum Gasteiger partial charge on any atom is -0.481 e. The van der Waals surface area contributed by atoms with E-state index in [4.69, 9.17) is 9.84 Å². The van der Waals surface area contributed by atoms with Gasteiger partial charge in [-0.3, -0.25) is 9.59 Å². The molecule has 7 nitrogen and oxygen atoms in total. The lowest BCUT2D eigenvalue weighted by Crippen LogP contribution is -2.42. The number of alkyl carbamates (subject to hydrolysis) is 1.